The molecule has 0 aromatic heterocycles. The van der Waals surface area contributed by atoms with Gasteiger partial charge >= 0.3 is 5.97 Å². The third kappa shape index (κ3) is 3.37. The summed E-state index contributed by atoms with van der Waals surface area (Å²) in [4.78, 5) is 12.3. The molecule has 1 fully saturated rings. The van der Waals surface area contributed by atoms with E-state index in [2.05, 4.69) is 43.3 Å². The summed E-state index contributed by atoms with van der Waals surface area (Å²) in [5, 5.41) is 13.0. The Hall–Kier alpha value is -2.81. The van der Waals surface area contributed by atoms with Crippen LogP contribution in [0.15, 0.2) is 60.7 Å². The number of esters is 1. The van der Waals surface area contributed by atoms with Gasteiger partial charge < -0.3 is 9.84 Å². The second-order valence-electron chi connectivity index (χ2n) is 7.86. The molecule has 1 unspecified atom stereocenters. The highest BCUT2D eigenvalue weighted by Crippen LogP contribution is 2.50. The van der Waals surface area contributed by atoms with Gasteiger partial charge in [0.05, 0.1) is 12.0 Å². The first-order chi connectivity index (χ1) is 13.5. The van der Waals surface area contributed by atoms with Crippen molar-refractivity contribution in [3.63, 3.8) is 0 Å². The maximum Gasteiger partial charge on any atom is 0.312 e. The lowest BCUT2D eigenvalue weighted by molar-refractivity contribution is -0.149. The van der Waals surface area contributed by atoms with Gasteiger partial charge in [-0.1, -0.05) is 61.5 Å². The average molecular weight is 374 g/mol. The highest BCUT2D eigenvalue weighted by molar-refractivity contribution is 5.86. The number of phenolic OH excluding ortho intramolecular Hbond substituents is 1. The van der Waals surface area contributed by atoms with Gasteiger partial charge in [0, 0.05) is 11.5 Å². The minimum absolute atomic E-state index is 0.0452. The van der Waals surface area contributed by atoms with Crippen LogP contribution in [0.4, 0.5) is 0 Å². The van der Waals surface area contributed by atoms with Crippen molar-refractivity contribution >= 4 is 16.7 Å². The summed E-state index contributed by atoms with van der Waals surface area (Å²) in [6.45, 7) is 4.39. The van der Waals surface area contributed by atoms with E-state index in [1.165, 1.54) is 16.3 Å². The van der Waals surface area contributed by atoms with Gasteiger partial charge in [-0.2, -0.15) is 0 Å². The van der Waals surface area contributed by atoms with Crippen LogP contribution in [0.1, 0.15) is 49.3 Å². The minimum Gasteiger partial charge on any atom is -0.508 e. The lowest BCUT2D eigenvalue weighted by Gasteiger charge is -2.19. The fraction of sp³-hybridized carbons (Fsp3) is 0.320. The SMILES string of the molecule is CCOC(=O)C1(Cc2ccc(O)c(C(C)c3cccc4ccccc34)c2)CC1. The first-order valence-corrected chi connectivity index (χ1v) is 10.0. The zero-order valence-corrected chi connectivity index (χ0v) is 16.4. The summed E-state index contributed by atoms with van der Waals surface area (Å²) in [6.07, 6.45) is 2.42. The molecule has 3 aromatic rings. The highest BCUT2D eigenvalue weighted by atomic mass is 16.5. The van der Waals surface area contributed by atoms with E-state index in [9.17, 15) is 9.90 Å². The molecule has 0 aliphatic heterocycles. The van der Waals surface area contributed by atoms with Crippen LogP contribution in [0.5, 0.6) is 5.75 Å². The van der Waals surface area contributed by atoms with Gasteiger partial charge in [-0.25, -0.2) is 0 Å². The van der Waals surface area contributed by atoms with Crippen LogP contribution in [0.2, 0.25) is 0 Å². The van der Waals surface area contributed by atoms with Crippen molar-refractivity contribution in [2.75, 3.05) is 6.61 Å². The zero-order valence-electron chi connectivity index (χ0n) is 16.4. The van der Waals surface area contributed by atoms with Crippen molar-refractivity contribution in [1.29, 1.82) is 0 Å². The van der Waals surface area contributed by atoms with Crippen molar-refractivity contribution in [2.24, 2.45) is 5.41 Å². The fourth-order valence-electron chi connectivity index (χ4n) is 4.14. The van der Waals surface area contributed by atoms with Crippen molar-refractivity contribution in [3.8, 4) is 5.75 Å². The molecular weight excluding hydrogens is 348 g/mol. The van der Waals surface area contributed by atoms with Gasteiger partial charge in [-0.15, -0.1) is 0 Å². The molecule has 0 bridgehead atoms. The summed E-state index contributed by atoms with van der Waals surface area (Å²) in [5.41, 5.74) is 2.79. The maximum absolute atomic E-state index is 12.3. The smallest absolute Gasteiger partial charge is 0.312 e. The molecule has 3 heteroatoms. The van der Waals surface area contributed by atoms with E-state index in [0.29, 0.717) is 18.8 Å². The van der Waals surface area contributed by atoms with Gasteiger partial charge in [-0.3, -0.25) is 4.79 Å². The molecule has 0 spiro atoms. The first kappa shape index (κ1) is 18.5. The number of rotatable bonds is 6. The van der Waals surface area contributed by atoms with Crippen molar-refractivity contribution in [1.82, 2.24) is 0 Å². The topological polar surface area (TPSA) is 46.5 Å². The average Bonchev–Trinajstić information content (AvgIpc) is 3.49. The van der Waals surface area contributed by atoms with E-state index in [4.69, 9.17) is 4.74 Å². The molecule has 28 heavy (non-hydrogen) atoms. The standard InChI is InChI=1S/C25H26O3/c1-3-28-24(27)25(13-14-25)16-18-11-12-23(26)22(15-18)17(2)20-10-6-8-19-7-4-5-9-21(19)20/h4-12,15,17,26H,3,13-14,16H2,1-2H3. The van der Waals surface area contributed by atoms with Crippen LogP contribution in [0.3, 0.4) is 0 Å². The molecule has 1 N–H and O–H groups in total. The number of fused-ring (bicyclic) bond motifs is 1. The second-order valence-corrected chi connectivity index (χ2v) is 7.86. The van der Waals surface area contributed by atoms with E-state index in [1.807, 2.05) is 25.1 Å². The molecule has 3 aromatic carbocycles. The fourth-order valence-corrected chi connectivity index (χ4v) is 4.14. The largest absolute Gasteiger partial charge is 0.508 e. The third-order valence-corrected chi connectivity index (χ3v) is 5.95. The first-order valence-electron chi connectivity index (χ1n) is 10.0. The van der Waals surface area contributed by atoms with Crippen LogP contribution < -0.4 is 0 Å². The van der Waals surface area contributed by atoms with Crippen molar-refractivity contribution in [2.45, 2.75) is 39.0 Å². The van der Waals surface area contributed by atoms with Crippen LogP contribution in [-0.4, -0.2) is 17.7 Å². The molecule has 1 aliphatic carbocycles. The molecule has 0 heterocycles. The van der Waals surface area contributed by atoms with Gasteiger partial charge in [0.2, 0.25) is 0 Å². The van der Waals surface area contributed by atoms with Crippen LogP contribution in [0, 0.1) is 5.41 Å². The molecule has 1 saturated carbocycles. The summed E-state index contributed by atoms with van der Waals surface area (Å²) in [7, 11) is 0. The van der Waals surface area contributed by atoms with Crippen LogP contribution >= 0.6 is 0 Å². The number of benzene rings is 3. The Labute approximate surface area is 166 Å². The normalized spacial score (nSPS) is 15.9. The van der Waals surface area contributed by atoms with E-state index < -0.39 is 0 Å². The predicted molar refractivity (Wildman–Crippen MR) is 112 cm³/mol. The third-order valence-electron chi connectivity index (χ3n) is 5.95. The monoisotopic (exact) mass is 374 g/mol. The van der Waals surface area contributed by atoms with E-state index in [-0.39, 0.29) is 17.3 Å². The number of carbonyl (C=O) groups is 1. The summed E-state index contributed by atoms with van der Waals surface area (Å²) in [5.74, 6) is 0.251. The minimum atomic E-state index is -0.368. The maximum atomic E-state index is 12.3. The number of ether oxygens (including phenoxy) is 1. The number of hydrogen-bond acceptors (Lipinski definition) is 3. The molecule has 0 radical (unpaired) electrons. The van der Waals surface area contributed by atoms with Crippen molar-refractivity contribution in [3.05, 3.63) is 77.4 Å². The molecule has 1 aliphatic rings. The Bertz CT molecular complexity index is 1010. The Morgan fingerprint density at radius 1 is 1.07 bits per heavy atom. The Morgan fingerprint density at radius 2 is 1.82 bits per heavy atom. The zero-order chi connectivity index (χ0) is 19.7. The van der Waals surface area contributed by atoms with Gasteiger partial charge in [-0.05, 0) is 54.2 Å². The summed E-state index contributed by atoms with van der Waals surface area (Å²) in [6, 6.07) is 20.4. The van der Waals surface area contributed by atoms with Crippen LogP contribution in [-0.2, 0) is 16.0 Å². The van der Waals surface area contributed by atoms with Gasteiger partial charge in [0.1, 0.15) is 5.75 Å². The number of hydrogen-bond donors (Lipinski definition) is 1. The summed E-state index contributed by atoms with van der Waals surface area (Å²) < 4.78 is 5.27. The quantitative estimate of drug-likeness (QED) is 0.573. The number of carbonyl (C=O) groups excluding carboxylic acids is 1. The molecule has 4 rings (SSSR count). The predicted octanol–water partition coefficient (Wildman–Crippen LogP) is 5.58. The lowest BCUT2D eigenvalue weighted by Crippen LogP contribution is -2.21. The van der Waals surface area contributed by atoms with E-state index >= 15 is 0 Å². The Kier molecular flexibility index (Phi) is 4.84. The van der Waals surface area contributed by atoms with Gasteiger partial charge in [0.15, 0.2) is 0 Å². The van der Waals surface area contributed by atoms with E-state index in [0.717, 1.165) is 24.0 Å². The molecule has 0 saturated heterocycles. The highest BCUT2D eigenvalue weighted by Gasteiger charge is 2.51. The number of phenols is 1. The Balaban J connectivity index is 1.67. The molecule has 0 amide bonds. The van der Waals surface area contributed by atoms with Crippen LogP contribution in [0.25, 0.3) is 10.8 Å². The molecule has 1 atom stereocenters. The number of aromatic hydroxyl groups is 1. The molecule has 144 valence electrons. The van der Waals surface area contributed by atoms with E-state index in [1.54, 1.807) is 6.07 Å². The Morgan fingerprint density at radius 3 is 2.57 bits per heavy atom. The van der Waals surface area contributed by atoms with Crippen molar-refractivity contribution < 1.29 is 14.6 Å². The van der Waals surface area contributed by atoms with Gasteiger partial charge in [0.25, 0.3) is 0 Å². The molecule has 3 nitrogen and oxygen atoms in total. The summed E-state index contributed by atoms with van der Waals surface area (Å²) >= 11 is 0. The second kappa shape index (κ2) is 7.31. The molecular formula is C25H26O3. The lowest BCUT2D eigenvalue weighted by atomic mass is 9.86.